The average molecular weight is 257 g/mol. The lowest BCUT2D eigenvalue weighted by Gasteiger charge is -2.26. The molecule has 1 rings (SSSR count). The van der Waals surface area contributed by atoms with Gasteiger partial charge in [0.1, 0.15) is 0 Å². The van der Waals surface area contributed by atoms with Gasteiger partial charge in [-0.25, -0.2) is 4.79 Å². The van der Waals surface area contributed by atoms with Gasteiger partial charge in [0.15, 0.2) is 6.04 Å². The van der Waals surface area contributed by atoms with Crippen LogP contribution in [0.5, 0.6) is 0 Å². The number of carboxylic acids is 1. The number of hydrogen-bond donors (Lipinski definition) is 2. The third kappa shape index (κ3) is 5.49. The van der Waals surface area contributed by atoms with E-state index in [-0.39, 0.29) is 12.5 Å². The summed E-state index contributed by atoms with van der Waals surface area (Å²) in [6.07, 6.45) is 4.81. The number of ether oxygens (including phenoxy) is 1. The SMILES string of the molecule is CC(=O)NC(COCC1CCCC(C)C1)C(=O)O. The van der Waals surface area contributed by atoms with E-state index in [9.17, 15) is 9.59 Å². The summed E-state index contributed by atoms with van der Waals surface area (Å²) >= 11 is 0. The Morgan fingerprint density at radius 1 is 1.44 bits per heavy atom. The molecule has 0 aromatic rings. The van der Waals surface area contributed by atoms with Crippen molar-refractivity contribution in [3.05, 3.63) is 0 Å². The number of carbonyl (C=O) groups is 2. The van der Waals surface area contributed by atoms with E-state index >= 15 is 0 Å². The fourth-order valence-corrected chi connectivity index (χ4v) is 2.48. The molecule has 5 nitrogen and oxygen atoms in total. The van der Waals surface area contributed by atoms with E-state index in [0.29, 0.717) is 12.5 Å². The van der Waals surface area contributed by atoms with E-state index in [2.05, 4.69) is 12.2 Å². The molecule has 2 N–H and O–H groups in total. The predicted molar refractivity (Wildman–Crippen MR) is 67.2 cm³/mol. The number of rotatable bonds is 6. The van der Waals surface area contributed by atoms with Gasteiger partial charge < -0.3 is 15.2 Å². The van der Waals surface area contributed by atoms with E-state index < -0.39 is 12.0 Å². The smallest absolute Gasteiger partial charge is 0.328 e. The number of carbonyl (C=O) groups excluding carboxylic acids is 1. The van der Waals surface area contributed by atoms with Gasteiger partial charge in [0.05, 0.1) is 6.61 Å². The summed E-state index contributed by atoms with van der Waals surface area (Å²) in [5.74, 6) is -0.141. The second kappa shape index (κ2) is 7.36. The highest BCUT2D eigenvalue weighted by molar-refractivity contribution is 5.82. The van der Waals surface area contributed by atoms with Crippen LogP contribution >= 0.6 is 0 Å². The third-order valence-electron chi connectivity index (χ3n) is 3.36. The first-order chi connectivity index (χ1) is 8.49. The van der Waals surface area contributed by atoms with Gasteiger partial charge in [0, 0.05) is 13.5 Å². The summed E-state index contributed by atoms with van der Waals surface area (Å²) < 4.78 is 5.45. The topological polar surface area (TPSA) is 75.6 Å². The van der Waals surface area contributed by atoms with E-state index in [0.717, 1.165) is 18.8 Å². The normalized spacial score (nSPS) is 25.4. The predicted octanol–water partition coefficient (Wildman–Crippen LogP) is 1.42. The van der Waals surface area contributed by atoms with Gasteiger partial charge in [-0.15, -0.1) is 0 Å². The van der Waals surface area contributed by atoms with Crippen LogP contribution in [-0.4, -0.2) is 36.2 Å². The Balaban J connectivity index is 2.25. The minimum Gasteiger partial charge on any atom is -0.480 e. The molecule has 1 fully saturated rings. The van der Waals surface area contributed by atoms with E-state index in [1.807, 2.05) is 0 Å². The molecule has 1 amide bonds. The van der Waals surface area contributed by atoms with Gasteiger partial charge in [-0.05, 0) is 24.7 Å². The Bertz CT molecular complexity index is 293. The largest absolute Gasteiger partial charge is 0.480 e. The van der Waals surface area contributed by atoms with Crippen LogP contribution in [-0.2, 0) is 14.3 Å². The van der Waals surface area contributed by atoms with Gasteiger partial charge in [0.25, 0.3) is 0 Å². The van der Waals surface area contributed by atoms with Gasteiger partial charge in [-0.3, -0.25) is 4.79 Å². The zero-order chi connectivity index (χ0) is 13.5. The highest BCUT2D eigenvalue weighted by Gasteiger charge is 2.22. The summed E-state index contributed by atoms with van der Waals surface area (Å²) in [5, 5.41) is 11.3. The Kier molecular flexibility index (Phi) is 6.12. The molecule has 104 valence electrons. The van der Waals surface area contributed by atoms with E-state index in [1.54, 1.807) is 0 Å². The lowest BCUT2D eigenvalue weighted by molar-refractivity contribution is -0.143. The Hall–Kier alpha value is -1.10. The summed E-state index contributed by atoms with van der Waals surface area (Å²) in [7, 11) is 0. The average Bonchev–Trinajstić information content (AvgIpc) is 2.27. The summed E-state index contributed by atoms with van der Waals surface area (Å²) in [6.45, 7) is 4.18. The number of aliphatic carboxylic acids is 1. The van der Waals surface area contributed by atoms with E-state index in [1.165, 1.54) is 19.8 Å². The van der Waals surface area contributed by atoms with Crippen molar-refractivity contribution in [3.8, 4) is 0 Å². The molecular weight excluding hydrogens is 234 g/mol. The Morgan fingerprint density at radius 2 is 2.17 bits per heavy atom. The molecule has 3 unspecified atom stereocenters. The zero-order valence-corrected chi connectivity index (χ0v) is 11.1. The second-order valence-electron chi connectivity index (χ2n) is 5.27. The van der Waals surface area contributed by atoms with Crippen molar-refractivity contribution < 1.29 is 19.4 Å². The van der Waals surface area contributed by atoms with Crippen molar-refractivity contribution in [2.75, 3.05) is 13.2 Å². The van der Waals surface area contributed by atoms with Crippen molar-refractivity contribution >= 4 is 11.9 Å². The van der Waals surface area contributed by atoms with Gasteiger partial charge in [0.2, 0.25) is 5.91 Å². The van der Waals surface area contributed by atoms with Crippen molar-refractivity contribution in [1.29, 1.82) is 0 Å². The molecule has 0 bridgehead atoms. The maximum atomic E-state index is 10.9. The molecule has 0 radical (unpaired) electrons. The van der Waals surface area contributed by atoms with Crippen LogP contribution in [0, 0.1) is 11.8 Å². The maximum absolute atomic E-state index is 10.9. The van der Waals surface area contributed by atoms with Crippen LogP contribution in [0.1, 0.15) is 39.5 Å². The summed E-state index contributed by atoms with van der Waals surface area (Å²) in [5.41, 5.74) is 0. The number of hydrogen-bond acceptors (Lipinski definition) is 3. The van der Waals surface area contributed by atoms with Crippen molar-refractivity contribution in [2.24, 2.45) is 11.8 Å². The molecule has 0 spiro atoms. The van der Waals surface area contributed by atoms with Crippen LogP contribution in [0.3, 0.4) is 0 Å². The molecule has 0 aliphatic heterocycles. The summed E-state index contributed by atoms with van der Waals surface area (Å²) in [6, 6.07) is -0.941. The zero-order valence-electron chi connectivity index (χ0n) is 11.1. The summed E-state index contributed by atoms with van der Waals surface area (Å²) in [4.78, 5) is 21.7. The van der Waals surface area contributed by atoms with Gasteiger partial charge in [-0.2, -0.15) is 0 Å². The molecule has 3 atom stereocenters. The van der Waals surface area contributed by atoms with Crippen molar-refractivity contribution in [3.63, 3.8) is 0 Å². The number of nitrogens with one attached hydrogen (secondary N) is 1. The molecule has 18 heavy (non-hydrogen) atoms. The standard InChI is InChI=1S/C13H23NO4/c1-9-4-3-5-11(6-9)7-18-8-12(13(16)17)14-10(2)15/h9,11-12H,3-8H2,1-2H3,(H,14,15)(H,16,17). The van der Waals surface area contributed by atoms with Crippen molar-refractivity contribution in [1.82, 2.24) is 5.32 Å². The molecular formula is C13H23NO4. The minimum absolute atomic E-state index is 0.0415. The van der Waals surface area contributed by atoms with Gasteiger partial charge in [-0.1, -0.05) is 19.8 Å². The lowest BCUT2D eigenvalue weighted by atomic mass is 9.83. The fraction of sp³-hybridized carbons (Fsp3) is 0.846. The van der Waals surface area contributed by atoms with Crippen LogP contribution in [0.25, 0.3) is 0 Å². The lowest BCUT2D eigenvalue weighted by Crippen LogP contribution is -2.43. The second-order valence-corrected chi connectivity index (χ2v) is 5.27. The Morgan fingerprint density at radius 3 is 2.72 bits per heavy atom. The maximum Gasteiger partial charge on any atom is 0.328 e. The molecule has 0 saturated heterocycles. The third-order valence-corrected chi connectivity index (χ3v) is 3.36. The van der Waals surface area contributed by atoms with E-state index in [4.69, 9.17) is 9.84 Å². The monoisotopic (exact) mass is 257 g/mol. The molecule has 1 aliphatic rings. The fourth-order valence-electron chi connectivity index (χ4n) is 2.48. The first kappa shape index (κ1) is 15.0. The van der Waals surface area contributed by atoms with Crippen LogP contribution in [0.4, 0.5) is 0 Å². The number of carboxylic acid groups (broad SMARTS) is 1. The van der Waals surface area contributed by atoms with Crippen LogP contribution in [0.2, 0.25) is 0 Å². The molecule has 0 aromatic carbocycles. The highest BCUT2D eigenvalue weighted by Crippen LogP contribution is 2.28. The van der Waals surface area contributed by atoms with Crippen LogP contribution < -0.4 is 5.32 Å². The quantitative estimate of drug-likeness (QED) is 0.754. The minimum atomic E-state index is -1.05. The first-order valence-electron chi connectivity index (χ1n) is 6.56. The first-order valence-corrected chi connectivity index (χ1v) is 6.56. The molecule has 0 aromatic heterocycles. The molecule has 1 aliphatic carbocycles. The number of amides is 1. The van der Waals surface area contributed by atoms with Gasteiger partial charge >= 0.3 is 5.97 Å². The highest BCUT2D eigenvalue weighted by atomic mass is 16.5. The Labute approximate surface area is 108 Å². The molecule has 0 heterocycles. The van der Waals surface area contributed by atoms with Crippen molar-refractivity contribution in [2.45, 2.75) is 45.6 Å². The van der Waals surface area contributed by atoms with Crippen LogP contribution in [0.15, 0.2) is 0 Å². The molecule has 1 saturated carbocycles. The molecule has 5 heteroatoms.